The van der Waals surface area contributed by atoms with Gasteiger partial charge in [0, 0.05) is 10.0 Å². The predicted molar refractivity (Wildman–Crippen MR) is 83.9 cm³/mol. The maximum atomic E-state index is 5.48. The fraction of sp³-hybridized carbons (Fsp3) is 0.167. The fourth-order valence-electron chi connectivity index (χ4n) is 1.24. The first-order valence-corrected chi connectivity index (χ1v) is 6.48. The molecule has 0 radical (unpaired) electrons. The average Bonchev–Trinajstić information content (AvgIpc) is 2.38. The van der Waals surface area contributed by atoms with Crippen LogP contribution in [0.3, 0.4) is 0 Å². The molecule has 0 fully saturated rings. The van der Waals surface area contributed by atoms with Crippen LogP contribution in [0.1, 0.15) is 5.56 Å². The molecule has 0 bridgehead atoms. The number of hydrogen-bond acceptors (Lipinski definition) is 4. The molecule has 0 heterocycles. The number of rotatable bonds is 6. The van der Waals surface area contributed by atoms with Gasteiger partial charge in [0.25, 0.3) is 0 Å². The maximum Gasteiger partial charge on any atom is 0.184 e. The van der Waals surface area contributed by atoms with Gasteiger partial charge in [-0.2, -0.15) is 5.10 Å². The first-order valence-electron chi connectivity index (χ1n) is 5.28. The van der Waals surface area contributed by atoms with E-state index >= 15 is 0 Å². The monoisotopic (exact) mass is 343 g/mol. The summed E-state index contributed by atoms with van der Waals surface area (Å²) in [5.41, 5.74) is 8.55. The molecule has 1 aromatic carbocycles. The Kier molecular flexibility index (Phi) is 6.31. The number of nitrogens with zero attached hydrogens (tertiary/aromatic N) is 1. The van der Waals surface area contributed by atoms with Crippen LogP contribution in [0, 0.1) is 0 Å². The van der Waals surface area contributed by atoms with E-state index in [0.717, 1.165) is 10.0 Å². The molecule has 5 nitrogen and oxygen atoms in total. The van der Waals surface area contributed by atoms with Gasteiger partial charge < -0.3 is 15.2 Å². The van der Waals surface area contributed by atoms with Gasteiger partial charge in [-0.05, 0) is 40.3 Å². The largest absolute Gasteiger partial charge is 0.493 e. The maximum absolute atomic E-state index is 5.48. The number of benzene rings is 1. The summed E-state index contributed by atoms with van der Waals surface area (Å²) in [6.07, 6.45) is 3.23. The van der Waals surface area contributed by atoms with Crippen molar-refractivity contribution in [1.29, 1.82) is 0 Å². The Morgan fingerprint density at radius 1 is 1.58 bits per heavy atom. The van der Waals surface area contributed by atoms with E-state index in [9.17, 15) is 0 Å². The number of nitrogens with two attached hydrogens (primary N) is 1. The molecule has 1 aromatic rings. The van der Waals surface area contributed by atoms with Crippen LogP contribution in [0.4, 0.5) is 0 Å². The van der Waals surface area contributed by atoms with Gasteiger partial charge in [-0.3, -0.25) is 5.43 Å². The fourth-order valence-corrected chi connectivity index (χ4v) is 1.71. The Morgan fingerprint density at radius 3 is 2.89 bits per heavy atom. The van der Waals surface area contributed by atoms with Crippen molar-refractivity contribution in [2.75, 3.05) is 13.7 Å². The third kappa shape index (κ3) is 4.88. The summed E-state index contributed by atoms with van der Waals surface area (Å²) in [4.78, 5) is 0. The number of ether oxygens (including phenoxy) is 2. The van der Waals surface area contributed by atoms with Crippen LogP contribution in [-0.2, 0) is 0 Å². The van der Waals surface area contributed by atoms with Gasteiger partial charge in [-0.1, -0.05) is 12.7 Å². The van der Waals surface area contributed by atoms with Crippen LogP contribution in [0.2, 0.25) is 0 Å². The molecule has 3 N–H and O–H groups in total. The molecule has 0 spiro atoms. The number of hydrazone groups is 1. The van der Waals surface area contributed by atoms with Gasteiger partial charge >= 0.3 is 0 Å². The minimum atomic E-state index is 0.102. The van der Waals surface area contributed by atoms with Crippen LogP contribution in [-0.4, -0.2) is 25.0 Å². The van der Waals surface area contributed by atoms with Crippen molar-refractivity contribution in [3.05, 3.63) is 34.8 Å². The Balaban J connectivity index is 2.98. The van der Waals surface area contributed by atoms with Gasteiger partial charge in [0.15, 0.2) is 16.6 Å². The SMILES string of the molecule is C=CCOc1cc(Br)c(/C=N/NC(N)=S)cc1OC. The van der Waals surface area contributed by atoms with E-state index < -0.39 is 0 Å². The lowest BCUT2D eigenvalue weighted by Crippen LogP contribution is -2.24. The number of halogens is 1. The zero-order chi connectivity index (χ0) is 14.3. The van der Waals surface area contributed by atoms with Crippen molar-refractivity contribution >= 4 is 39.5 Å². The highest BCUT2D eigenvalue weighted by atomic mass is 79.9. The van der Waals surface area contributed by atoms with Crippen molar-refractivity contribution in [2.45, 2.75) is 0 Å². The first kappa shape index (κ1) is 15.5. The topological polar surface area (TPSA) is 68.9 Å². The molecule has 19 heavy (non-hydrogen) atoms. The van der Waals surface area contributed by atoms with Crippen LogP contribution in [0.5, 0.6) is 11.5 Å². The zero-order valence-corrected chi connectivity index (χ0v) is 12.8. The van der Waals surface area contributed by atoms with E-state index in [4.69, 9.17) is 15.2 Å². The molecule has 0 amide bonds. The number of thiocarbonyl (C=S) groups is 1. The lowest BCUT2D eigenvalue weighted by Gasteiger charge is -2.11. The Hall–Kier alpha value is -1.60. The lowest BCUT2D eigenvalue weighted by molar-refractivity contribution is 0.326. The van der Waals surface area contributed by atoms with Crippen molar-refractivity contribution in [3.8, 4) is 11.5 Å². The highest BCUT2D eigenvalue weighted by molar-refractivity contribution is 9.10. The summed E-state index contributed by atoms with van der Waals surface area (Å²) in [5, 5.41) is 3.99. The summed E-state index contributed by atoms with van der Waals surface area (Å²) in [5.74, 6) is 1.22. The highest BCUT2D eigenvalue weighted by Crippen LogP contribution is 2.32. The normalized spacial score (nSPS) is 10.2. The molecular formula is C12H14BrN3O2S. The molecule has 0 atom stereocenters. The van der Waals surface area contributed by atoms with Gasteiger partial charge in [0.1, 0.15) is 6.61 Å². The number of methoxy groups -OCH3 is 1. The Morgan fingerprint density at radius 2 is 2.32 bits per heavy atom. The molecule has 0 unspecified atom stereocenters. The van der Waals surface area contributed by atoms with Crippen LogP contribution in [0.15, 0.2) is 34.4 Å². The van der Waals surface area contributed by atoms with Gasteiger partial charge in [-0.25, -0.2) is 0 Å². The predicted octanol–water partition coefficient (Wildman–Crippen LogP) is 2.19. The van der Waals surface area contributed by atoms with Crippen molar-refractivity contribution in [3.63, 3.8) is 0 Å². The van der Waals surface area contributed by atoms with E-state index in [1.54, 1.807) is 31.5 Å². The number of nitrogens with one attached hydrogen (secondary N) is 1. The Bertz CT molecular complexity index is 506. The summed E-state index contributed by atoms with van der Waals surface area (Å²) in [7, 11) is 1.57. The van der Waals surface area contributed by atoms with Crippen LogP contribution < -0.4 is 20.6 Å². The third-order valence-electron chi connectivity index (χ3n) is 2.02. The minimum absolute atomic E-state index is 0.102. The zero-order valence-electron chi connectivity index (χ0n) is 10.4. The standard InChI is InChI=1S/C12H14BrN3O2S/c1-3-4-18-11-6-9(13)8(5-10(11)17-2)7-15-16-12(14)19/h3,5-7H,1,4H2,2H3,(H3,14,16,19)/b15-7+. The second-order valence-corrected chi connectivity index (χ2v) is 4.65. The van der Waals surface area contributed by atoms with E-state index in [1.807, 2.05) is 0 Å². The van der Waals surface area contributed by atoms with Gasteiger partial charge in [0.2, 0.25) is 0 Å². The molecule has 102 valence electrons. The van der Waals surface area contributed by atoms with E-state index in [-0.39, 0.29) is 5.11 Å². The summed E-state index contributed by atoms with van der Waals surface area (Å²) in [6, 6.07) is 3.58. The van der Waals surface area contributed by atoms with Crippen molar-refractivity contribution in [1.82, 2.24) is 5.43 Å². The third-order valence-corrected chi connectivity index (χ3v) is 2.80. The molecule has 0 saturated heterocycles. The highest BCUT2D eigenvalue weighted by Gasteiger charge is 2.08. The second kappa shape index (κ2) is 7.75. The molecule has 0 aliphatic carbocycles. The van der Waals surface area contributed by atoms with E-state index in [1.165, 1.54) is 0 Å². The Labute approximate surface area is 125 Å². The minimum Gasteiger partial charge on any atom is -0.493 e. The van der Waals surface area contributed by atoms with Crippen molar-refractivity contribution in [2.24, 2.45) is 10.8 Å². The molecule has 1 rings (SSSR count). The summed E-state index contributed by atoms with van der Waals surface area (Å²) in [6.45, 7) is 4.00. The summed E-state index contributed by atoms with van der Waals surface area (Å²) < 4.78 is 11.5. The molecular weight excluding hydrogens is 330 g/mol. The average molecular weight is 344 g/mol. The smallest absolute Gasteiger partial charge is 0.184 e. The molecule has 0 aromatic heterocycles. The molecule has 7 heteroatoms. The molecule has 0 aliphatic rings. The van der Waals surface area contributed by atoms with Gasteiger partial charge in [-0.15, -0.1) is 0 Å². The van der Waals surface area contributed by atoms with Crippen LogP contribution >= 0.6 is 28.1 Å². The van der Waals surface area contributed by atoms with Crippen LogP contribution in [0.25, 0.3) is 0 Å². The van der Waals surface area contributed by atoms with Gasteiger partial charge in [0.05, 0.1) is 13.3 Å². The lowest BCUT2D eigenvalue weighted by atomic mass is 10.2. The summed E-state index contributed by atoms with van der Waals surface area (Å²) >= 11 is 8.07. The second-order valence-electron chi connectivity index (χ2n) is 3.36. The quantitative estimate of drug-likeness (QED) is 0.358. The number of hydrogen-bond donors (Lipinski definition) is 2. The van der Waals surface area contributed by atoms with E-state index in [2.05, 4.69) is 45.3 Å². The first-order chi connectivity index (χ1) is 9.08. The van der Waals surface area contributed by atoms with Crippen molar-refractivity contribution < 1.29 is 9.47 Å². The van der Waals surface area contributed by atoms with E-state index in [0.29, 0.717) is 18.1 Å². The molecule has 0 aliphatic heterocycles. The molecule has 0 saturated carbocycles.